The molecular formula is C13H17BrO2S2. The lowest BCUT2D eigenvalue weighted by atomic mass is 10.0. The van der Waals surface area contributed by atoms with Gasteiger partial charge in [-0.2, -0.15) is 0 Å². The SMILES string of the molecule is CC(C)C1C[S+]([O-])C(c2ccc(Br)cc2)[S+]([O-])C1. The normalized spacial score (nSPS) is 32.8. The topological polar surface area (TPSA) is 46.1 Å². The fraction of sp³-hybridized carbons (Fsp3) is 0.538. The Hall–Kier alpha value is 0.320. The molecule has 5 heteroatoms. The second kappa shape index (κ2) is 6.18. The van der Waals surface area contributed by atoms with Crippen molar-refractivity contribution < 1.29 is 9.11 Å². The van der Waals surface area contributed by atoms with Crippen molar-refractivity contribution in [2.45, 2.75) is 18.4 Å². The molecule has 1 aliphatic heterocycles. The fourth-order valence-electron chi connectivity index (χ4n) is 2.07. The maximum atomic E-state index is 12.3. The van der Waals surface area contributed by atoms with Crippen LogP contribution in [-0.2, 0) is 22.4 Å². The molecule has 2 unspecified atom stereocenters. The van der Waals surface area contributed by atoms with Gasteiger partial charge in [-0.15, -0.1) is 0 Å². The van der Waals surface area contributed by atoms with E-state index in [9.17, 15) is 9.11 Å². The van der Waals surface area contributed by atoms with Gasteiger partial charge < -0.3 is 9.11 Å². The zero-order chi connectivity index (χ0) is 13.3. The number of benzene rings is 1. The van der Waals surface area contributed by atoms with Crippen LogP contribution in [0.3, 0.4) is 0 Å². The Morgan fingerprint density at radius 3 is 2.06 bits per heavy atom. The van der Waals surface area contributed by atoms with Crippen molar-refractivity contribution in [1.82, 2.24) is 0 Å². The molecule has 0 bridgehead atoms. The smallest absolute Gasteiger partial charge is 0.287 e. The van der Waals surface area contributed by atoms with Gasteiger partial charge in [0, 0.05) is 26.8 Å². The van der Waals surface area contributed by atoms with Gasteiger partial charge in [0.1, 0.15) is 11.5 Å². The quantitative estimate of drug-likeness (QED) is 0.770. The Labute approximate surface area is 123 Å². The van der Waals surface area contributed by atoms with E-state index in [1.165, 1.54) is 0 Å². The van der Waals surface area contributed by atoms with Crippen molar-refractivity contribution >= 4 is 38.3 Å². The summed E-state index contributed by atoms with van der Waals surface area (Å²) in [4.78, 5) is 0. The third kappa shape index (κ3) is 3.25. The molecule has 0 radical (unpaired) electrons. The van der Waals surface area contributed by atoms with E-state index < -0.39 is 22.4 Å². The van der Waals surface area contributed by atoms with Gasteiger partial charge in [-0.05, 0) is 30.2 Å². The van der Waals surface area contributed by atoms with Gasteiger partial charge in [0.15, 0.2) is 0 Å². The Bertz CT molecular complexity index is 384. The van der Waals surface area contributed by atoms with Crippen molar-refractivity contribution in [2.75, 3.05) is 11.5 Å². The molecule has 1 aliphatic rings. The van der Waals surface area contributed by atoms with Crippen LogP contribution in [0.2, 0.25) is 0 Å². The Kier molecular flexibility index (Phi) is 5.06. The summed E-state index contributed by atoms with van der Waals surface area (Å²) in [6, 6.07) is 7.66. The van der Waals surface area contributed by atoms with Gasteiger partial charge in [0.2, 0.25) is 0 Å². The van der Waals surface area contributed by atoms with E-state index in [0.717, 1.165) is 10.0 Å². The first-order valence-corrected chi connectivity index (χ1v) is 9.54. The molecule has 0 aromatic heterocycles. The molecule has 2 rings (SSSR count). The Balaban J connectivity index is 2.17. The molecule has 2 nitrogen and oxygen atoms in total. The monoisotopic (exact) mass is 348 g/mol. The van der Waals surface area contributed by atoms with E-state index >= 15 is 0 Å². The van der Waals surface area contributed by atoms with Crippen LogP contribution >= 0.6 is 15.9 Å². The standard InChI is InChI=1S/C13H17BrO2S2/c1-9(2)11-7-17(15)13(18(16)8-11)10-3-5-12(14)6-4-10/h3-6,9,11,13H,7-8H2,1-2H3. The van der Waals surface area contributed by atoms with Crippen molar-refractivity contribution in [3.8, 4) is 0 Å². The summed E-state index contributed by atoms with van der Waals surface area (Å²) in [5.41, 5.74) is 0.928. The van der Waals surface area contributed by atoms with Gasteiger partial charge in [-0.3, -0.25) is 0 Å². The first-order chi connectivity index (χ1) is 8.49. The van der Waals surface area contributed by atoms with E-state index in [2.05, 4.69) is 29.8 Å². The number of rotatable bonds is 2. The molecule has 100 valence electrons. The van der Waals surface area contributed by atoms with Crippen molar-refractivity contribution in [3.63, 3.8) is 0 Å². The molecule has 0 saturated carbocycles. The third-order valence-electron chi connectivity index (χ3n) is 3.32. The van der Waals surface area contributed by atoms with Gasteiger partial charge in [0.25, 0.3) is 4.58 Å². The van der Waals surface area contributed by atoms with E-state index in [0.29, 0.717) is 23.3 Å². The molecule has 1 saturated heterocycles. The van der Waals surface area contributed by atoms with Crippen LogP contribution < -0.4 is 0 Å². The molecule has 0 amide bonds. The number of hydrogen-bond acceptors (Lipinski definition) is 2. The summed E-state index contributed by atoms with van der Waals surface area (Å²) in [5, 5.41) is 0. The van der Waals surface area contributed by atoms with Crippen LogP contribution in [0.1, 0.15) is 24.0 Å². The van der Waals surface area contributed by atoms with Crippen LogP contribution in [0, 0.1) is 11.8 Å². The Morgan fingerprint density at radius 2 is 1.61 bits per heavy atom. The second-order valence-corrected chi connectivity index (χ2v) is 9.33. The molecular weight excluding hydrogens is 332 g/mol. The van der Waals surface area contributed by atoms with Crippen LogP contribution in [0.4, 0.5) is 0 Å². The fourth-order valence-corrected chi connectivity index (χ4v) is 7.04. The minimum atomic E-state index is -1.03. The highest BCUT2D eigenvalue weighted by atomic mass is 79.9. The Morgan fingerprint density at radius 1 is 1.11 bits per heavy atom. The van der Waals surface area contributed by atoms with E-state index in [1.54, 1.807) is 0 Å². The zero-order valence-electron chi connectivity index (χ0n) is 10.5. The highest BCUT2D eigenvalue weighted by Gasteiger charge is 2.44. The summed E-state index contributed by atoms with van der Waals surface area (Å²) in [7, 11) is 0. The summed E-state index contributed by atoms with van der Waals surface area (Å²) in [6.07, 6.45) is 0. The van der Waals surface area contributed by atoms with E-state index in [4.69, 9.17) is 0 Å². The molecule has 1 fully saturated rings. The zero-order valence-corrected chi connectivity index (χ0v) is 13.7. The average Bonchev–Trinajstić information content (AvgIpc) is 2.30. The average molecular weight is 349 g/mol. The van der Waals surface area contributed by atoms with Crippen molar-refractivity contribution in [2.24, 2.45) is 11.8 Å². The minimum absolute atomic E-state index is 0.312. The predicted molar refractivity (Wildman–Crippen MR) is 81.2 cm³/mol. The lowest BCUT2D eigenvalue weighted by Crippen LogP contribution is -2.40. The number of halogens is 1. The summed E-state index contributed by atoms with van der Waals surface area (Å²) < 4.78 is 25.3. The lowest BCUT2D eigenvalue weighted by Gasteiger charge is -2.34. The largest absolute Gasteiger partial charge is 0.612 e. The second-order valence-electron chi connectivity index (χ2n) is 4.98. The lowest BCUT2D eigenvalue weighted by molar-refractivity contribution is 0.440. The van der Waals surface area contributed by atoms with Gasteiger partial charge >= 0.3 is 0 Å². The molecule has 18 heavy (non-hydrogen) atoms. The maximum Gasteiger partial charge on any atom is 0.287 e. The van der Waals surface area contributed by atoms with Gasteiger partial charge in [-0.1, -0.05) is 29.8 Å². The first-order valence-electron chi connectivity index (χ1n) is 5.99. The maximum absolute atomic E-state index is 12.3. The summed E-state index contributed by atoms with van der Waals surface area (Å²) >= 11 is 1.31. The molecule has 0 N–H and O–H groups in total. The first kappa shape index (κ1) is 14.7. The van der Waals surface area contributed by atoms with Gasteiger partial charge in [0.05, 0.1) is 11.5 Å². The van der Waals surface area contributed by atoms with Crippen molar-refractivity contribution in [1.29, 1.82) is 0 Å². The van der Waals surface area contributed by atoms with Crippen LogP contribution in [0.15, 0.2) is 28.7 Å². The molecule has 1 heterocycles. The van der Waals surface area contributed by atoms with Crippen LogP contribution in [-0.4, -0.2) is 20.6 Å². The molecule has 0 aliphatic carbocycles. The van der Waals surface area contributed by atoms with Crippen LogP contribution in [0.25, 0.3) is 0 Å². The summed E-state index contributed by atoms with van der Waals surface area (Å²) in [5.74, 6) is 2.11. The van der Waals surface area contributed by atoms with Crippen molar-refractivity contribution in [3.05, 3.63) is 34.3 Å². The molecule has 0 spiro atoms. The van der Waals surface area contributed by atoms with Crippen LogP contribution in [0.5, 0.6) is 0 Å². The molecule has 2 atom stereocenters. The third-order valence-corrected chi connectivity index (χ3v) is 8.15. The van der Waals surface area contributed by atoms with E-state index in [-0.39, 0.29) is 4.58 Å². The minimum Gasteiger partial charge on any atom is -0.612 e. The highest BCUT2D eigenvalue weighted by molar-refractivity contribution is 9.10. The van der Waals surface area contributed by atoms with E-state index in [1.807, 2.05) is 24.3 Å². The predicted octanol–water partition coefficient (Wildman–Crippen LogP) is 3.23. The van der Waals surface area contributed by atoms with Gasteiger partial charge in [-0.25, -0.2) is 0 Å². The number of hydrogen-bond donors (Lipinski definition) is 0. The summed E-state index contributed by atoms with van der Waals surface area (Å²) in [6.45, 7) is 4.22. The molecule has 1 aromatic rings. The molecule has 1 aromatic carbocycles. The highest BCUT2D eigenvalue weighted by Crippen LogP contribution is 2.38.